The average molecular weight is 711 g/mol. The van der Waals surface area contributed by atoms with Crippen molar-refractivity contribution in [2.75, 3.05) is 12.4 Å². The molecule has 0 aliphatic rings. The van der Waals surface area contributed by atoms with Crippen molar-refractivity contribution < 1.29 is 28.6 Å². The highest BCUT2D eigenvalue weighted by atomic mass is 32.2. The van der Waals surface area contributed by atoms with Gasteiger partial charge in [-0.3, -0.25) is 9.59 Å². The van der Waals surface area contributed by atoms with E-state index in [1.165, 1.54) is 146 Å². The molecule has 0 N–H and O–H groups in total. The van der Waals surface area contributed by atoms with E-state index in [1.807, 2.05) is 20.8 Å². The Hall–Kier alpha value is -1.50. The number of ether oxygens (including phenoxy) is 3. The molecule has 0 aliphatic heterocycles. The Balaban J connectivity index is 4.27. The van der Waals surface area contributed by atoms with Crippen LogP contribution in [0.4, 0.5) is 0 Å². The summed E-state index contributed by atoms with van der Waals surface area (Å²) in [7, 11) is 0. The molecule has 0 fully saturated rings. The zero-order valence-corrected chi connectivity index (χ0v) is 33.6. The molecule has 1 atom stereocenters. The molecule has 0 rings (SSSR count). The Labute approximate surface area is 307 Å². The number of unbranched alkanes of at least 4 members (excludes halogenated alkanes) is 24. The largest absolute Gasteiger partial charge is 0.462 e. The van der Waals surface area contributed by atoms with Crippen molar-refractivity contribution in [2.45, 2.75) is 226 Å². The first-order valence-electron chi connectivity index (χ1n) is 20.5. The van der Waals surface area contributed by atoms with Gasteiger partial charge in [0.15, 0.2) is 0 Å². The first-order chi connectivity index (χ1) is 23.7. The summed E-state index contributed by atoms with van der Waals surface area (Å²) in [6, 6.07) is 0. The van der Waals surface area contributed by atoms with Crippen LogP contribution in [-0.2, 0) is 28.6 Å². The highest BCUT2D eigenvalue weighted by Crippen LogP contribution is 2.16. The van der Waals surface area contributed by atoms with E-state index in [1.54, 1.807) is 5.41 Å². The van der Waals surface area contributed by atoms with Crippen LogP contribution in [0.5, 0.6) is 0 Å². The molecule has 0 amide bonds. The summed E-state index contributed by atoms with van der Waals surface area (Å²) >= 11 is 1.34. The van der Waals surface area contributed by atoms with Crippen LogP contribution in [0.3, 0.4) is 0 Å². The summed E-state index contributed by atoms with van der Waals surface area (Å²) in [5.41, 5.74) is -0.556. The number of carbonyl (C=O) groups is 3. The molecule has 0 aromatic heterocycles. The minimum absolute atomic E-state index is 0.0366. The molecule has 0 heterocycles. The Morgan fingerprint density at radius 2 is 0.918 bits per heavy atom. The molecule has 0 aromatic carbocycles. The molecular formula is C42H78O6S. The number of hydrogen-bond acceptors (Lipinski definition) is 7. The SMILES string of the molecule is CCCCCCCCCCCCCCCC(=O)OCC(CS/C=C\C(=O)OC(C)(C)C)OC(=O)CCCCCCCCCCCCCCC. The lowest BCUT2D eigenvalue weighted by Crippen LogP contribution is -2.27. The normalized spacial score (nSPS) is 12.3. The van der Waals surface area contributed by atoms with Crippen molar-refractivity contribution in [3.8, 4) is 0 Å². The van der Waals surface area contributed by atoms with Crippen LogP contribution in [0.1, 0.15) is 214 Å². The van der Waals surface area contributed by atoms with Gasteiger partial charge >= 0.3 is 17.9 Å². The number of hydrogen-bond donors (Lipinski definition) is 0. The van der Waals surface area contributed by atoms with Crippen molar-refractivity contribution in [1.82, 2.24) is 0 Å². The van der Waals surface area contributed by atoms with Gasteiger partial charge in [0.25, 0.3) is 0 Å². The van der Waals surface area contributed by atoms with Gasteiger partial charge in [-0.1, -0.05) is 168 Å². The van der Waals surface area contributed by atoms with E-state index in [0.29, 0.717) is 18.6 Å². The smallest absolute Gasteiger partial charge is 0.331 e. The van der Waals surface area contributed by atoms with E-state index in [4.69, 9.17) is 14.2 Å². The third-order valence-electron chi connectivity index (χ3n) is 8.69. The predicted octanol–water partition coefficient (Wildman–Crippen LogP) is 13.0. The second-order valence-electron chi connectivity index (χ2n) is 14.9. The van der Waals surface area contributed by atoms with Gasteiger partial charge in [-0.05, 0) is 39.0 Å². The maximum Gasteiger partial charge on any atom is 0.331 e. The number of esters is 3. The van der Waals surface area contributed by atoms with Gasteiger partial charge in [0.2, 0.25) is 0 Å². The lowest BCUT2D eigenvalue weighted by atomic mass is 10.0. The van der Waals surface area contributed by atoms with E-state index >= 15 is 0 Å². The van der Waals surface area contributed by atoms with Crippen molar-refractivity contribution in [3.63, 3.8) is 0 Å². The summed E-state index contributed by atoms with van der Waals surface area (Å²) < 4.78 is 16.6. The van der Waals surface area contributed by atoms with Gasteiger partial charge in [0.05, 0.1) is 0 Å². The summed E-state index contributed by atoms with van der Waals surface area (Å²) in [6.45, 7) is 10.0. The molecule has 0 spiro atoms. The van der Waals surface area contributed by atoms with Gasteiger partial charge in [0.1, 0.15) is 18.3 Å². The van der Waals surface area contributed by atoms with Gasteiger partial charge in [-0.25, -0.2) is 4.79 Å². The van der Waals surface area contributed by atoms with Gasteiger partial charge in [-0.2, -0.15) is 0 Å². The monoisotopic (exact) mass is 711 g/mol. The van der Waals surface area contributed by atoms with Crippen LogP contribution < -0.4 is 0 Å². The van der Waals surface area contributed by atoms with Crippen molar-refractivity contribution in [3.05, 3.63) is 11.5 Å². The van der Waals surface area contributed by atoms with Crippen molar-refractivity contribution in [2.24, 2.45) is 0 Å². The zero-order chi connectivity index (χ0) is 36.3. The van der Waals surface area contributed by atoms with Crippen LogP contribution in [-0.4, -0.2) is 42.0 Å². The van der Waals surface area contributed by atoms with Crippen LogP contribution >= 0.6 is 11.8 Å². The fourth-order valence-electron chi connectivity index (χ4n) is 5.80. The summed E-state index contributed by atoms with van der Waals surface area (Å²) in [5.74, 6) is -0.511. The minimum Gasteiger partial charge on any atom is -0.462 e. The average Bonchev–Trinajstić information content (AvgIpc) is 3.05. The highest BCUT2D eigenvalue weighted by molar-refractivity contribution is 8.02. The number of carbonyl (C=O) groups excluding carboxylic acids is 3. The van der Waals surface area contributed by atoms with Crippen LogP contribution in [0.15, 0.2) is 11.5 Å². The Morgan fingerprint density at radius 3 is 1.31 bits per heavy atom. The van der Waals surface area contributed by atoms with Gasteiger partial charge in [-0.15, -0.1) is 11.8 Å². The maximum atomic E-state index is 12.6. The molecule has 0 saturated carbocycles. The first kappa shape index (κ1) is 47.5. The van der Waals surface area contributed by atoms with E-state index in [0.717, 1.165) is 38.5 Å². The minimum atomic E-state index is -0.557. The lowest BCUT2D eigenvalue weighted by Gasteiger charge is -2.18. The predicted molar refractivity (Wildman–Crippen MR) is 209 cm³/mol. The molecule has 0 radical (unpaired) electrons. The Kier molecular flexibility index (Phi) is 33.9. The van der Waals surface area contributed by atoms with Gasteiger partial charge < -0.3 is 14.2 Å². The molecule has 7 heteroatoms. The highest BCUT2D eigenvalue weighted by Gasteiger charge is 2.18. The van der Waals surface area contributed by atoms with E-state index in [2.05, 4.69) is 13.8 Å². The maximum absolute atomic E-state index is 12.6. The van der Waals surface area contributed by atoms with Crippen molar-refractivity contribution in [1.29, 1.82) is 0 Å². The fraction of sp³-hybridized carbons (Fsp3) is 0.881. The van der Waals surface area contributed by atoms with E-state index in [9.17, 15) is 14.4 Å². The molecular weight excluding hydrogens is 633 g/mol. The molecule has 0 aliphatic carbocycles. The summed E-state index contributed by atoms with van der Waals surface area (Å²) in [6.07, 6.45) is 34.3. The molecule has 49 heavy (non-hydrogen) atoms. The molecule has 1 unspecified atom stereocenters. The second kappa shape index (κ2) is 34.9. The topological polar surface area (TPSA) is 78.9 Å². The molecule has 0 aromatic rings. The Bertz CT molecular complexity index is 805. The quantitative estimate of drug-likeness (QED) is 0.0280. The molecule has 6 nitrogen and oxygen atoms in total. The van der Waals surface area contributed by atoms with Crippen LogP contribution in [0.2, 0.25) is 0 Å². The fourth-order valence-corrected chi connectivity index (χ4v) is 6.49. The Morgan fingerprint density at radius 1 is 0.551 bits per heavy atom. The summed E-state index contributed by atoms with van der Waals surface area (Å²) in [5, 5.41) is 1.65. The van der Waals surface area contributed by atoms with Crippen LogP contribution in [0.25, 0.3) is 0 Å². The lowest BCUT2D eigenvalue weighted by molar-refractivity contribution is -0.157. The third-order valence-corrected chi connectivity index (χ3v) is 9.58. The molecule has 288 valence electrons. The second-order valence-corrected chi connectivity index (χ2v) is 15.9. The third kappa shape index (κ3) is 37.6. The number of thioether (sulfide) groups is 1. The van der Waals surface area contributed by atoms with E-state index < -0.39 is 17.7 Å². The van der Waals surface area contributed by atoms with E-state index in [-0.39, 0.29) is 18.5 Å². The zero-order valence-electron chi connectivity index (χ0n) is 32.8. The van der Waals surface area contributed by atoms with Crippen molar-refractivity contribution >= 4 is 29.7 Å². The van der Waals surface area contributed by atoms with Gasteiger partial charge in [0, 0.05) is 24.7 Å². The first-order valence-corrected chi connectivity index (χ1v) is 21.6. The van der Waals surface area contributed by atoms with Crippen LogP contribution in [0, 0.1) is 0 Å². The molecule has 0 saturated heterocycles. The standard InChI is InChI=1S/C42H78O6S/c1-6-8-10-12-14-16-18-20-22-24-26-28-30-32-39(43)46-36-38(37-49-35-34-41(45)48-42(3,4)5)47-40(44)33-31-29-27-25-23-21-19-17-15-13-11-9-7-2/h34-35,38H,6-33,36-37H2,1-5H3/b35-34-. The summed E-state index contributed by atoms with van der Waals surface area (Å²) in [4.78, 5) is 37.1. The molecule has 0 bridgehead atoms. The number of rotatable bonds is 35.